The van der Waals surface area contributed by atoms with Crippen molar-refractivity contribution in [1.29, 1.82) is 0 Å². The Hall–Kier alpha value is -2.81. The summed E-state index contributed by atoms with van der Waals surface area (Å²) in [6.45, 7) is 6.23. The minimum Gasteiger partial charge on any atom is -0.355 e. The van der Waals surface area contributed by atoms with E-state index in [1.165, 1.54) is 23.9 Å². The van der Waals surface area contributed by atoms with Crippen LogP contribution in [0.4, 0.5) is 13.2 Å². The maximum atomic E-state index is 12.6. The molecule has 0 saturated carbocycles. The molecule has 5 nitrogen and oxygen atoms in total. The van der Waals surface area contributed by atoms with Crippen molar-refractivity contribution in [3.63, 3.8) is 0 Å². The van der Waals surface area contributed by atoms with Gasteiger partial charge in [-0.25, -0.2) is 0 Å². The van der Waals surface area contributed by atoms with Crippen molar-refractivity contribution < 1.29 is 18.0 Å². The Labute approximate surface area is 183 Å². The van der Waals surface area contributed by atoms with Crippen LogP contribution in [0, 0.1) is 20.8 Å². The summed E-state index contributed by atoms with van der Waals surface area (Å²) in [4.78, 5) is 12.2. The molecule has 0 unspecified atom stereocenters. The Morgan fingerprint density at radius 2 is 1.77 bits per heavy atom. The number of thioether (sulfide) groups is 1. The van der Waals surface area contributed by atoms with Gasteiger partial charge in [0.2, 0.25) is 5.91 Å². The number of nitrogens with one attached hydrogen (secondary N) is 1. The van der Waals surface area contributed by atoms with Gasteiger partial charge in [-0.1, -0.05) is 36.0 Å². The lowest BCUT2D eigenvalue weighted by Crippen LogP contribution is -2.27. The summed E-state index contributed by atoms with van der Waals surface area (Å²) in [6.07, 6.45) is -3.90. The number of alkyl halides is 3. The van der Waals surface area contributed by atoms with Crippen molar-refractivity contribution in [3.8, 4) is 5.69 Å². The third-order valence-electron chi connectivity index (χ3n) is 4.75. The third-order valence-corrected chi connectivity index (χ3v) is 5.68. The molecule has 3 aromatic rings. The molecule has 0 atom stereocenters. The van der Waals surface area contributed by atoms with Gasteiger partial charge >= 0.3 is 6.18 Å². The van der Waals surface area contributed by atoms with E-state index >= 15 is 0 Å². The minimum atomic E-state index is -4.35. The van der Waals surface area contributed by atoms with E-state index in [0.29, 0.717) is 18.1 Å². The highest BCUT2D eigenvalue weighted by molar-refractivity contribution is 7.99. The highest BCUT2D eigenvalue weighted by atomic mass is 32.2. The van der Waals surface area contributed by atoms with E-state index in [-0.39, 0.29) is 11.7 Å². The molecule has 1 N–H and O–H groups in total. The number of hydrogen-bond donors (Lipinski definition) is 1. The average molecular weight is 449 g/mol. The molecule has 0 aliphatic carbocycles. The van der Waals surface area contributed by atoms with E-state index in [1.54, 1.807) is 0 Å². The lowest BCUT2D eigenvalue weighted by atomic mass is 10.1. The van der Waals surface area contributed by atoms with Gasteiger partial charge in [0.1, 0.15) is 5.82 Å². The molecule has 1 aromatic heterocycles. The lowest BCUT2D eigenvalue weighted by molar-refractivity contribution is -0.137. The quantitative estimate of drug-likeness (QED) is 0.534. The maximum Gasteiger partial charge on any atom is 0.416 e. The molecule has 3 rings (SSSR count). The second-order valence-corrected chi connectivity index (χ2v) is 8.18. The molecular formula is C22H23F3N4OS. The van der Waals surface area contributed by atoms with E-state index < -0.39 is 11.7 Å². The van der Waals surface area contributed by atoms with Crippen molar-refractivity contribution in [2.75, 3.05) is 12.3 Å². The first kappa shape index (κ1) is 22.9. The van der Waals surface area contributed by atoms with Crippen LogP contribution < -0.4 is 5.32 Å². The van der Waals surface area contributed by atoms with Crippen molar-refractivity contribution in [2.45, 2.75) is 38.5 Å². The molecular weight excluding hydrogens is 425 g/mol. The normalized spacial score (nSPS) is 11.5. The summed E-state index contributed by atoms with van der Waals surface area (Å²) in [5, 5.41) is 11.8. The predicted octanol–water partition coefficient (Wildman–Crippen LogP) is 4.66. The molecule has 31 heavy (non-hydrogen) atoms. The second-order valence-electron chi connectivity index (χ2n) is 7.24. The largest absolute Gasteiger partial charge is 0.416 e. The van der Waals surface area contributed by atoms with Gasteiger partial charge in [-0.2, -0.15) is 13.2 Å². The Kier molecular flexibility index (Phi) is 7.04. The number of hydrogen-bond acceptors (Lipinski definition) is 4. The monoisotopic (exact) mass is 448 g/mol. The number of aryl methyl sites for hydroxylation is 3. The zero-order valence-corrected chi connectivity index (χ0v) is 18.3. The number of benzene rings is 2. The smallest absolute Gasteiger partial charge is 0.355 e. The molecule has 0 radical (unpaired) electrons. The lowest BCUT2D eigenvalue weighted by Gasteiger charge is -2.12. The number of aromatic nitrogens is 3. The van der Waals surface area contributed by atoms with Gasteiger partial charge < -0.3 is 5.32 Å². The summed E-state index contributed by atoms with van der Waals surface area (Å²) >= 11 is 1.29. The summed E-state index contributed by atoms with van der Waals surface area (Å²) in [7, 11) is 0. The molecule has 0 aliphatic heterocycles. The Morgan fingerprint density at radius 3 is 2.45 bits per heavy atom. The Bertz CT molecular complexity index is 1060. The summed E-state index contributed by atoms with van der Waals surface area (Å²) in [5.41, 5.74) is 3.22. The molecule has 0 saturated heterocycles. The van der Waals surface area contributed by atoms with Crippen LogP contribution in [0.15, 0.2) is 47.6 Å². The molecule has 0 fully saturated rings. The first-order valence-corrected chi connectivity index (χ1v) is 10.7. The summed E-state index contributed by atoms with van der Waals surface area (Å²) in [6, 6.07) is 11.1. The third kappa shape index (κ3) is 5.88. The molecule has 0 aliphatic rings. The molecule has 1 heterocycles. The second kappa shape index (κ2) is 9.55. The van der Waals surface area contributed by atoms with Crippen molar-refractivity contribution in [2.24, 2.45) is 0 Å². The van der Waals surface area contributed by atoms with Gasteiger partial charge in [-0.15, -0.1) is 10.2 Å². The average Bonchev–Trinajstić information content (AvgIpc) is 3.08. The van der Waals surface area contributed by atoms with Gasteiger partial charge in [-0.05, 0) is 62.1 Å². The SMILES string of the molecule is Cc1ccc(C)c(-n2c(C)nnc2SCC(=O)NCCc2ccc(C(F)(F)F)cc2)c1. The first-order chi connectivity index (χ1) is 14.6. The fourth-order valence-electron chi connectivity index (χ4n) is 3.06. The Morgan fingerprint density at radius 1 is 1.06 bits per heavy atom. The van der Waals surface area contributed by atoms with Crippen molar-refractivity contribution >= 4 is 17.7 Å². The van der Waals surface area contributed by atoms with Crippen LogP contribution in [0.3, 0.4) is 0 Å². The molecule has 9 heteroatoms. The van der Waals surface area contributed by atoms with Crippen LogP contribution in [0.2, 0.25) is 0 Å². The fraction of sp³-hybridized carbons (Fsp3) is 0.318. The number of amides is 1. The van der Waals surface area contributed by atoms with Crippen molar-refractivity contribution in [3.05, 3.63) is 70.5 Å². The zero-order chi connectivity index (χ0) is 22.6. The number of nitrogens with zero attached hydrogens (tertiary/aromatic N) is 3. The number of carbonyl (C=O) groups is 1. The van der Waals surface area contributed by atoms with Crippen LogP contribution in [0.5, 0.6) is 0 Å². The van der Waals surface area contributed by atoms with Gasteiger partial charge in [0.05, 0.1) is 17.0 Å². The van der Waals surface area contributed by atoms with Crippen LogP contribution in [-0.4, -0.2) is 33.0 Å². The number of carbonyl (C=O) groups excluding carboxylic acids is 1. The highest BCUT2D eigenvalue weighted by Gasteiger charge is 2.29. The van der Waals surface area contributed by atoms with Crippen molar-refractivity contribution in [1.82, 2.24) is 20.1 Å². The van der Waals surface area contributed by atoms with Gasteiger partial charge in [0, 0.05) is 6.54 Å². The molecule has 2 aromatic carbocycles. The van der Waals surface area contributed by atoms with E-state index in [4.69, 9.17) is 0 Å². The predicted molar refractivity (Wildman–Crippen MR) is 114 cm³/mol. The van der Waals surface area contributed by atoms with Crippen LogP contribution >= 0.6 is 11.8 Å². The molecule has 1 amide bonds. The molecule has 0 spiro atoms. The standard InChI is InChI=1S/C22H23F3N4OS/c1-14-4-5-15(2)19(12-14)29-16(3)27-28-21(29)31-13-20(30)26-11-10-17-6-8-18(9-7-17)22(23,24)25/h4-9,12H,10-11,13H2,1-3H3,(H,26,30). The van der Waals surface area contributed by atoms with Crippen LogP contribution in [0.25, 0.3) is 5.69 Å². The molecule has 164 valence electrons. The number of halogens is 3. The summed E-state index contributed by atoms with van der Waals surface area (Å²) in [5.74, 6) is 0.722. The Balaban J connectivity index is 1.54. The van der Waals surface area contributed by atoms with E-state index in [1.807, 2.05) is 37.5 Å². The van der Waals surface area contributed by atoms with Gasteiger partial charge in [0.15, 0.2) is 5.16 Å². The topological polar surface area (TPSA) is 59.8 Å². The fourth-order valence-corrected chi connectivity index (χ4v) is 3.88. The molecule has 0 bridgehead atoms. The van der Waals surface area contributed by atoms with E-state index in [2.05, 4.69) is 21.6 Å². The summed E-state index contributed by atoms with van der Waals surface area (Å²) < 4.78 is 39.8. The van der Waals surface area contributed by atoms with Crippen LogP contribution in [0.1, 0.15) is 28.1 Å². The first-order valence-electron chi connectivity index (χ1n) is 9.70. The highest BCUT2D eigenvalue weighted by Crippen LogP contribution is 2.29. The van der Waals surface area contributed by atoms with Gasteiger partial charge in [0.25, 0.3) is 0 Å². The van der Waals surface area contributed by atoms with Gasteiger partial charge in [-0.3, -0.25) is 9.36 Å². The van der Waals surface area contributed by atoms with E-state index in [9.17, 15) is 18.0 Å². The van der Waals surface area contributed by atoms with Crippen LogP contribution in [-0.2, 0) is 17.4 Å². The maximum absolute atomic E-state index is 12.6. The van der Waals surface area contributed by atoms with E-state index in [0.717, 1.165) is 40.3 Å². The minimum absolute atomic E-state index is 0.163. The zero-order valence-electron chi connectivity index (χ0n) is 17.5. The number of rotatable bonds is 7.